The largest absolute Gasteiger partial charge is 0.292 e. The van der Waals surface area contributed by atoms with Crippen LogP contribution in [0.15, 0.2) is 83.7 Å². The van der Waals surface area contributed by atoms with Gasteiger partial charge in [-0.05, 0) is 30.2 Å². The second-order valence-corrected chi connectivity index (χ2v) is 6.59. The number of hydrogen-bond acceptors (Lipinski definition) is 2. The van der Waals surface area contributed by atoms with Crippen molar-refractivity contribution >= 4 is 22.5 Å². The highest BCUT2D eigenvalue weighted by Gasteiger charge is 2.13. The van der Waals surface area contributed by atoms with Gasteiger partial charge in [0.1, 0.15) is 5.82 Å². The van der Waals surface area contributed by atoms with E-state index < -0.39 is 0 Å². The van der Waals surface area contributed by atoms with Crippen LogP contribution in [0.5, 0.6) is 0 Å². The van der Waals surface area contributed by atoms with E-state index in [1.165, 1.54) is 5.56 Å². The maximum atomic E-state index is 13.2. The van der Waals surface area contributed by atoms with Gasteiger partial charge < -0.3 is 0 Å². The van der Waals surface area contributed by atoms with Gasteiger partial charge in [0.2, 0.25) is 0 Å². The van der Waals surface area contributed by atoms with Crippen LogP contribution in [0, 0.1) is 0 Å². The molecule has 0 unspecified atom stereocenters. The molecular weight excluding hydrogens is 344 g/mol. The molecule has 128 valence electrons. The minimum Gasteiger partial charge on any atom is -0.292 e. The predicted octanol–water partition coefficient (Wildman–Crippen LogP) is 4.96. The molecule has 0 aliphatic heterocycles. The van der Waals surface area contributed by atoms with Gasteiger partial charge in [0.05, 0.1) is 10.9 Å². The number of rotatable bonds is 4. The van der Waals surface area contributed by atoms with Crippen LogP contribution in [0.3, 0.4) is 0 Å². The topological polar surface area (TPSA) is 34.9 Å². The highest BCUT2D eigenvalue weighted by atomic mass is 35.5. The molecule has 1 aromatic heterocycles. The van der Waals surface area contributed by atoms with Gasteiger partial charge in [-0.2, -0.15) is 0 Å². The Morgan fingerprint density at radius 3 is 2.31 bits per heavy atom. The Morgan fingerprint density at radius 2 is 1.58 bits per heavy atom. The molecule has 4 heteroatoms. The monoisotopic (exact) mass is 360 g/mol. The Kier molecular flexibility index (Phi) is 4.55. The normalized spacial score (nSPS) is 11.0. The number of benzene rings is 3. The van der Waals surface area contributed by atoms with Gasteiger partial charge in [-0.15, -0.1) is 0 Å². The average molecular weight is 361 g/mol. The van der Waals surface area contributed by atoms with E-state index in [-0.39, 0.29) is 5.56 Å². The molecule has 0 saturated heterocycles. The van der Waals surface area contributed by atoms with Crippen molar-refractivity contribution in [3.8, 4) is 11.4 Å². The van der Waals surface area contributed by atoms with Gasteiger partial charge in [0, 0.05) is 17.1 Å². The molecule has 0 aliphatic rings. The molecule has 26 heavy (non-hydrogen) atoms. The molecule has 0 spiro atoms. The number of aryl methyl sites for hydroxylation is 1. The third-order valence-electron chi connectivity index (χ3n) is 4.42. The first-order valence-electron chi connectivity index (χ1n) is 8.52. The quantitative estimate of drug-likeness (QED) is 0.515. The molecule has 3 nitrogen and oxygen atoms in total. The molecule has 3 aromatic carbocycles. The third kappa shape index (κ3) is 3.26. The molecule has 0 bridgehead atoms. The summed E-state index contributed by atoms with van der Waals surface area (Å²) in [6.45, 7) is 0.558. The van der Waals surface area contributed by atoms with E-state index in [9.17, 15) is 4.79 Å². The molecule has 4 rings (SSSR count). The second kappa shape index (κ2) is 7.14. The molecule has 0 fully saturated rings. The highest BCUT2D eigenvalue weighted by molar-refractivity contribution is 6.31. The van der Waals surface area contributed by atoms with E-state index in [2.05, 4.69) is 12.1 Å². The van der Waals surface area contributed by atoms with E-state index >= 15 is 0 Å². The SMILES string of the molecule is O=c1c2cc(Cl)ccc2nc(-c2ccccc2)n1CCc1ccccc1. The van der Waals surface area contributed by atoms with Crippen LogP contribution in [0.1, 0.15) is 5.56 Å². The van der Waals surface area contributed by atoms with Crippen molar-refractivity contribution in [2.75, 3.05) is 0 Å². The lowest BCUT2D eigenvalue weighted by molar-refractivity contribution is 0.671. The zero-order valence-corrected chi connectivity index (χ0v) is 14.9. The van der Waals surface area contributed by atoms with Crippen molar-refractivity contribution < 1.29 is 0 Å². The summed E-state index contributed by atoms with van der Waals surface area (Å²) in [5.41, 5.74) is 2.71. The molecule has 0 aliphatic carbocycles. The molecule has 0 N–H and O–H groups in total. The Hall–Kier alpha value is -2.91. The lowest BCUT2D eigenvalue weighted by Gasteiger charge is -2.14. The van der Waals surface area contributed by atoms with Crippen LogP contribution in [0.4, 0.5) is 0 Å². The van der Waals surface area contributed by atoms with Gasteiger partial charge in [0.25, 0.3) is 5.56 Å². The minimum atomic E-state index is -0.0627. The van der Waals surface area contributed by atoms with Crippen molar-refractivity contribution in [3.63, 3.8) is 0 Å². The fourth-order valence-electron chi connectivity index (χ4n) is 3.09. The van der Waals surface area contributed by atoms with Crippen molar-refractivity contribution in [1.82, 2.24) is 9.55 Å². The Morgan fingerprint density at radius 1 is 0.885 bits per heavy atom. The van der Waals surface area contributed by atoms with Gasteiger partial charge in [-0.1, -0.05) is 72.3 Å². The minimum absolute atomic E-state index is 0.0627. The maximum Gasteiger partial charge on any atom is 0.261 e. The van der Waals surface area contributed by atoms with Crippen molar-refractivity contribution in [2.45, 2.75) is 13.0 Å². The Balaban J connectivity index is 1.87. The van der Waals surface area contributed by atoms with Crippen LogP contribution in [0.2, 0.25) is 5.02 Å². The van der Waals surface area contributed by atoms with E-state index in [0.29, 0.717) is 28.3 Å². The zero-order chi connectivity index (χ0) is 17.9. The Labute approximate surface area is 156 Å². The fourth-order valence-corrected chi connectivity index (χ4v) is 3.27. The van der Waals surface area contributed by atoms with E-state index in [4.69, 9.17) is 16.6 Å². The van der Waals surface area contributed by atoms with Crippen LogP contribution in [-0.2, 0) is 13.0 Å². The first kappa shape index (κ1) is 16.6. The molecule has 0 radical (unpaired) electrons. The van der Waals surface area contributed by atoms with Crippen molar-refractivity contribution in [2.24, 2.45) is 0 Å². The molecule has 0 atom stereocenters. The van der Waals surface area contributed by atoms with E-state index in [1.54, 1.807) is 22.8 Å². The smallest absolute Gasteiger partial charge is 0.261 e. The summed E-state index contributed by atoms with van der Waals surface area (Å²) >= 11 is 6.10. The summed E-state index contributed by atoms with van der Waals surface area (Å²) in [6, 6.07) is 25.2. The number of nitrogens with zero attached hydrogens (tertiary/aromatic N) is 2. The van der Waals surface area contributed by atoms with Gasteiger partial charge in [0.15, 0.2) is 0 Å². The van der Waals surface area contributed by atoms with Gasteiger partial charge >= 0.3 is 0 Å². The van der Waals surface area contributed by atoms with Crippen LogP contribution < -0.4 is 5.56 Å². The lowest BCUT2D eigenvalue weighted by atomic mass is 10.1. The maximum absolute atomic E-state index is 13.2. The first-order chi connectivity index (χ1) is 12.7. The lowest BCUT2D eigenvalue weighted by Crippen LogP contribution is -2.24. The number of halogens is 1. The Bertz CT molecular complexity index is 1110. The fraction of sp³-hybridized carbons (Fsp3) is 0.0909. The number of fused-ring (bicyclic) bond motifs is 1. The van der Waals surface area contributed by atoms with Crippen LogP contribution in [-0.4, -0.2) is 9.55 Å². The molecule has 4 aromatic rings. The molecule has 0 amide bonds. The zero-order valence-electron chi connectivity index (χ0n) is 14.1. The van der Waals surface area contributed by atoms with E-state index in [0.717, 1.165) is 12.0 Å². The van der Waals surface area contributed by atoms with Crippen LogP contribution in [0.25, 0.3) is 22.3 Å². The van der Waals surface area contributed by atoms with E-state index in [1.807, 2.05) is 48.5 Å². The summed E-state index contributed by atoms with van der Waals surface area (Å²) in [4.78, 5) is 17.9. The van der Waals surface area contributed by atoms with Crippen molar-refractivity contribution in [3.05, 3.63) is 99.8 Å². The van der Waals surface area contributed by atoms with Crippen LogP contribution >= 0.6 is 11.6 Å². The van der Waals surface area contributed by atoms with Gasteiger partial charge in [-0.3, -0.25) is 9.36 Å². The summed E-state index contributed by atoms with van der Waals surface area (Å²) in [5.74, 6) is 0.682. The summed E-state index contributed by atoms with van der Waals surface area (Å²) in [7, 11) is 0. The highest BCUT2D eigenvalue weighted by Crippen LogP contribution is 2.21. The summed E-state index contributed by atoms with van der Waals surface area (Å²) < 4.78 is 1.75. The predicted molar refractivity (Wildman–Crippen MR) is 107 cm³/mol. The summed E-state index contributed by atoms with van der Waals surface area (Å²) in [5, 5.41) is 1.09. The standard InChI is InChI=1S/C22H17ClN2O/c23-18-11-12-20-19(15-18)22(26)25(14-13-16-7-3-1-4-8-16)21(24-20)17-9-5-2-6-10-17/h1-12,15H,13-14H2. The molecule has 1 heterocycles. The summed E-state index contributed by atoms with van der Waals surface area (Å²) in [6.07, 6.45) is 0.758. The second-order valence-electron chi connectivity index (χ2n) is 6.16. The molecule has 0 saturated carbocycles. The van der Waals surface area contributed by atoms with Crippen molar-refractivity contribution in [1.29, 1.82) is 0 Å². The number of aromatic nitrogens is 2. The molecular formula is C22H17ClN2O. The average Bonchev–Trinajstić information content (AvgIpc) is 2.69. The third-order valence-corrected chi connectivity index (χ3v) is 4.65. The number of hydrogen-bond donors (Lipinski definition) is 0. The van der Waals surface area contributed by atoms with Gasteiger partial charge in [-0.25, -0.2) is 4.98 Å². The first-order valence-corrected chi connectivity index (χ1v) is 8.89.